The molecule has 1 aliphatic rings. The molecule has 62 valence electrons. The first kappa shape index (κ1) is 8.55. The van der Waals surface area contributed by atoms with E-state index in [-0.39, 0.29) is 0 Å². The van der Waals surface area contributed by atoms with Crippen molar-refractivity contribution >= 4 is 14.2 Å². The fourth-order valence-electron chi connectivity index (χ4n) is 0.702. The molecule has 2 N–H and O–H groups in total. The molecule has 0 saturated carbocycles. The smallest absolute Gasteiger partial charge is 0.351 e. The van der Waals surface area contributed by atoms with E-state index in [4.69, 9.17) is 9.63 Å². The first-order chi connectivity index (χ1) is 5.20. The molecule has 1 fully saturated rings. The molecule has 0 aromatic heterocycles. The molecule has 0 radical (unpaired) electrons. The molecule has 1 heterocycles. The molecule has 6 nitrogen and oxygen atoms in total. The molecule has 2 unspecified atom stereocenters. The third-order valence-corrected chi connectivity index (χ3v) is 1.43. The first-order valence-electron chi connectivity index (χ1n) is 2.93. The normalized spacial score (nSPS) is 24.8. The molecule has 11 heavy (non-hydrogen) atoms. The lowest BCUT2D eigenvalue weighted by atomic mass is 10.6. The Morgan fingerprint density at radius 3 is 3.00 bits per heavy atom. The van der Waals surface area contributed by atoms with Crippen LogP contribution in [0.3, 0.4) is 0 Å². The van der Waals surface area contributed by atoms with Crippen LogP contribution in [0.15, 0.2) is 0 Å². The van der Waals surface area contributed by atoms with E-state index in [1.165, 1.54) is 0 Å². The van der Waals surface area contributed by atoms with Crippen molar-refractivity contribution in [1.82, 2.24) is 5.32 Å². The van der Waals surface area contributed by atoms with Crippen molar-refractivity contribution in [3.8, 4) is 0 Å². The van der Waals surface area contributed by atoms with E-state index in [2.05, 4.69) is 9.84 Å². The largest absolute Gasteiger partial charge is 0.750 e. The van der Waals surface area contributed by atoms with Crippen LogP contribution in [0.1, 0.15) is 0 Å². The zero-order chi connectivity index (χ0) is 8.27. The lowest BCUT2D eigenvalue weighted by molar-refractivity contribution is -0.145. The molecular weight excluding hydrogens is 173 g/mol. The van der Waals surface area contributed by atoms with Gasteiger partial charge in [0.05, 0.1) is 6.61 Å². The Morgan fingerprint density at radius 1 is 1.82 bits per heavy atom. The maximum atomic E-state index is 10.7. The average molecular weight is 180 g/mol. The minimum absolute atomic E-state index is 0.405. The number of hydrogen-bond donors (Lipinski definition) is 2. The number of rotatable bonds is 2. The fourth-order valence-corrected chi connectivity index (χ4v) is 0.952. The number of carbonyl (C=O) groups is 1. The van der Waals surface area contributed by atoms with Gasteiger partial charge in [0.1, 0.15) is 0 Å². The number of ether oxygens (including phenoxy) is 1. The molecule has 2 atom stereocenters. The minimum Gasteiger partial charge on any atom is -0.351 e. The maximum absolute atomic E-state index is 10.7. The Kier molecular flexibility index (Phi) is 2.90. The van der Waals surface area contributed by atoms with Gasteiger partial charge >= 0.3 is 14.2 Å². The molecule has 0 aromatic rings. The SMILES string of the molecule is O=C(O[P+](=O)O)C1NCCO1. The summed E-state index contributed by atoms with van der Waals surface area (Å²) in [7, 11) is -2.88. The summed E-state index contributed by atoms with van der Waals surface area (Å²) in [6.07, 6.45) is -0.888. The number of hydrogen-bond acceptors (Lipinski definition) is 5. The van der Waals surface area contributed by atoms with Crippen LogP contribution >= 0.6 is 8.25 Å². The third-order valence-electron chi connectivity index (χ3n) is 1.10. The van der Waals surface area contributed by atoms with Gasteiger partial charge in [0, 0.05) is 11.1 Å². The fraction of sp³-hybridized carbons (Fsp3) is 0.750. The summed E-state index contributed by atoms with van der Waals surface area (Å²) < 4.78 is 18.8. The van der Waals surface area contributed by atoms with Gasteiger partial charge in [-0.2, -0.15) is 4.52 Å². The van der Waals surface area contributed by atoms with Crippen molar-refractivity contribution in [1.29, 1.82) is 0 Å². The standard InChI is InChI=1S/C4H6NO5P/c6-4(10-11(7)8)3-5-1-2-9-3/h3,5H,1-2H2/p+1. The van der Waals surface area contributed by atoms with Crippen LogP contribution in [0.2, 0.25) is 0 Å². The van der Waals surface area contributed by atoms with E-state index in [0.29, 0.717) is 13.2 Å². The Balaban J connectivity index is 2.34. The van der Waals surface area contributed by atoms with Gasteiger partial charge in [-0.05, 0) is 0 Å². The van der Waals surface area contributed by atoms with E-state index in [9.17, 15) is 9.36 Å². The van der Waals surface area contributed by atoms with Crippen molar-refractivity contribution in [3.05, 3.63) is 0 Å². The molecule has 1 rings (SSSR count). The predicted molar refractivity (Wildman–Crippen MR) is 33.7 cm³/mol. The molecule has 0 amide bonds. The monoisotopic (exact) mass is 180 g/mol. The summed E-state index contributed by atoms with van der Waals surface area (Å²) in [5, 5.41) is 2.63. The summed E-state index contributed by atoms with van der Waals surface area (Å²) in [5.74, 6) is -0.855. The van der Waals surface area contributed by atoms with Crippen molar-refractivity contribution in [2.45, 2.75) is 6.23 Å². The van der Waals surface area contributed by atoms with Crippen molar-refractivity contribution < 1.29 is 23.5 Å². The number of nitrogens with one attached hydrogen (secondary N) is 1. The van der Waals surface area contributed by atoms with Gasteiger partial charge in [-0.1, -0.05) is 0 Å². The highest BCUT2D eigenvalue weighted by Gasteiger charge is 2.31. The Labute approximate surface area is 63.4 Å². The lowest BCUT2D eigenvalue weighted by Crippen LogP contribution is -2.32. The topological polar surface area (TPSA) is 84.9 Å². The third kappa shape index (κ3) is 2.51. The van der Waals surface area contributed by atoms with Gasteiger partial charge in [0.2, 0.25) is 6.23 Å². The Hall–Kier alpha value is -0.550. The minimum atomic E-state index is -2.88. The highest BCUT2D eigenvalue weighted by Crippen LogP contribution is 2.16. The summed E-state index contributed by atoms with van der Waals surface area (Å²) in [4.78, 5) is 18.9. The maximum Gasteiger partial charge on any atom is 0.750 e. The highest BCUT2D eigenvalue weighted by atomic mass is 31.1. The first-order valence-corrected chi connectivity index (χ1v) is 4.06. The van der Waals surface area contributed by atoms with Gasteiger partial charge in [-0.3, -0.25) is 5.32 Å². The van der Waals surface area contributed by atoms with Gasteiger partial charge in [-0.25, -0.2) is 4.79 Å². The van der Waals surface area contributed by atoms with E-state index in [1.54, 1.807) is 0 Å². The Bertz CT molecular complexity index is 177. The number of carbonyl (C=O) groups excluding carboxylic acids is 1. The van der Waals surface area contributed by atoms with E-state index in [0.717, 1.165) is 0 Å². The van der Waals surface area contributed by atoms with Crippen molar-refractivity contribution in [2.75, 3.05) is 13.2 Å². The average Bonchev–Trinajstić information content (AvgIpc) is 2.35. The zero-order valence-corrected chi connectivity index (χ0v) is 6.41. The second-order valence-corrected chi connectivity index (χ2v) is 2.51. The highest BCUT2D eigenvalue weighted by molar-refractivity contribution is 7.32. The van der Waals surface area contributed by atoms with Crippen LogP contribution in [-0.4, -0.2) is 30.2 Å². The zero-order valence-electron chi connectivity index (χ0n) is 5.52. The predicted octanol–water partition coefficient (Wildman–Crippen LogP) is -0.875. The molecule has 1 saturated heterocycles. The van der Waals surface area contributed by atoms with Gasteiger partial charge < -0.3 is 4.74 Å². The van der Waals surface area contributed by atoms with Crippen LogP contribution in [0, 0.1) is 0 Å². The summed E-state index contributed by atoms with van der Waals surface area (Å²) in [6, 6.07) is 0. The Morgan fingerprint density at radius 2 is 2.55 bits per heavy atom. The van der Waals surface area contributed by atoms with E-state index < -0.39 is 20.5 Å². The molecule has 0 spiro atoms. The van der Waals surface area contributed by atoms with E-state index in [1.807, 2.05) is 0 Å². The van der Waals surface area contributed by atoms with Gasteiger partial charge in [0.15, 0.2) is 0 Å². The quantitative estimate of drug-likeness (QED) is 0.537. The molecule has 7 heteroatoms. The molecule has 0 aliphatic carbocycles. The van der Waals surface area contributed by atoms with Crippen LogP contribution in [-0.2, 0) is 18.6 Å². The molecule has 0 bridgehead atoms. The van der Waals surface area contributed by atoms with E-state index >= 15 is 0 Å². The van der Waals surface area contributed by atoms with Crippen LogP contribution in [0.25, 0.3) is 0 Å². The molecule has 0 aromatic carbocycles. The van der Waals surface area contributed by atoms with Crippen LogP contribution in [0.4, 0.5) is 0 Å². The van der Waals surface area contributed by atoms with Crippen molar-refractivity contribution in [2.24, 2.45) is 0 Å². The summed E-state index contributed by atoms with van der Waals surface area (Å²) in [6.45, 7) is 0.948. The summed E-state index contributed by atoms with van der Waals surface area (Å²) >= 11 is 0. The van der Waals surface area contributed by atoms with Gasteiger partial charge in [0.25, 0.3) is 0 Å². The summed E-state index contributed by atoms with van der Waals surface area (Å²) in [5.41, 5.74) is 0. The van der Waals surface area contributed by atoms with Gasteiger partial charge in [-0.15, -0.1) is 4.89 Å². The second kappa shape index (κ2) is 3.73. The second-order valence-electron chi connectivity index (χ2n) is 1.85. The lowest BCUT2D eigenvalue weighted by Gasteiger charge is -2.00. The van der Waals surface area contributed by atoms with Crippen molar-refractivity contribution in [3.63, 3.8) is 0 Å². The van der Waals surface area contributed by atoms with Crippen LogP contribution in [0.5, 0.6) is 0 Å². The molecule has 1 aliphatic heterocycles. The van der Waals surface area contributed by atoms with Crippen LogP contribution < -0.4 is 5.32 Å². The molecular formula is C4H7NO5P+.